The summed E-state index contributed by atoms with van der Waals surface area (Å²) < 4.78 is 11.9. The lowest BCUT2D eigenvalue weighted by atomic mass is 9.74. The van der Waals surface area contributed by atoms with E-state index < -0.39 is 0 Å². The van der Waals surface area contributed by atoms with Crippen molar-refractivity contribution >= 4 is 31.9 Å². The Morgan fingerprint density at radius 3 is 1.03 bits per heavy atom. The fourth-order valence-electron chi connectivity index (χ4n) is 4.70. The Balaban J connectivity index is 1.62. The van der Waals surface area contributed by atoms with Gasteiger partial charge in [0.05, 0.1) is 13.2 Å². The number of benzene rings is 3. The Morgan fingerprint density at radius 1 is 0.447 bits per heavy atom. The minimum Gasteiger partial charge on any atom is -0.494 e. The number of hydrogen-bond acceptors (Lipinski definition) is 2. The summed E-state index contributed by atoms with van der Waals surface area (Å²) in [5, 5.41) is 2.13. The van der Waals surface area contributed by atoms with E-state index in [9.17, 15) is 0 Å². The SMILES string of the molecule is CC(C)(c1ccc(OCCCCCBr)cc1)c1ccc(C(C)(C)c2ccc(OCCCCCBr)cc2)cc1. The number of halogens is 2. The largest absolute Gasteiger partial charge is 0.494 e. The molecule has 38 heavy (non-hydrogen) atoms. The molecular weight excluding hydrogens is 600 g/mol. The minimum atomic E-state index is -0.0927. The summed E-state index contributed by atoms with van der Waals surface area (Å²) in [7, 11) is 0. The first-order valence-corrected chi connectivity index (χ1v) is 16.2. The summed E-state index contributed by atoms with van der Waals surface area (Å²) in [5.74, 6) is 1.90. The van der Waals surface area contributed by atoms with Gasteiger partial charge >= 0.3 is 0 Å². The van der Waals surface area contributed by atoms with E-state index in [2.05, 4.69) is 132 Å². The lowest BCUT2D eigenvalue weighted by molar-refractivity contribution is 0.306. The van der Waals surface area contributed by atoms with E-state index >= 15 is 0 Å². The minimum absolute atomic E-state index is 0.0927. The molecule has 3 aromatic carbocycles. The molecule has 0 aromatic heterocycles. The second-order valence-electron chi connectivity index (χ2n) is 11.1. The van der Waals surface area contributed by atoms with Gasteiger partial charge in [0.2, 0.25) is 0 Å². The molecule has 206 valence electrons. The zero-order valence-electron chi connectivity index (χ0n) is 23.6. The number of rotatable bonds is 16. The van der Waals surface area contributed by atoms with Gasteiger partial charge in [0.1, 0.15) is 11.5 Å². The van der Waals surface area contributed by atoms with Gasteiger partial charge in [-0.3, -0.25) is 0 Å². The average Bonchev–Trinajstić information content (AvgIpc) is 2.93. The topological polar surface area (TPSA) is 18.5 Å². The molecule has 0 saturated heterocycles. The van der Waals surface area contributed by atoms with E-state index in [0.29, 0.717) is 0 Å². The molecule has 0 amide bonds. The van der Waals surface area contributed by atoms with Crippen molar-refractivity contribution < 1.29 is 9.47 Å². The zero-order valence-corrected chi connectivity index (χ0v) is 26.7. The molecule has 4 heteroatoms. The van der Waals surface area contributed by atoms with Gasteiger partial charge in [-0.2, -0.15) is 0 Å². The summed E-state index contributed by atoms with van der Waals surface area (Å²) >= 11 is 6.97. The van der Waals surface area contributed by atoms with Crippen LogP contribution in [0.2, 0.25) is 0 Å². The number of alkyl halides is 2. The van der Waals surface area contributed by atoms with Gasteiger partial charge in [0, 0.05) is 21.5 Å². The summed E-state index contributed by atoms with van der Waals surface area (Å²) in [4.78, 5) is 0. The van der Waals surface area contributed by atoms with Crippen LogP contribution in [0.4, 0.5) is 0 Å². The molecule has 0 aliphatic rings. The van der Waals surface area contributed by atoms with Crippen LogP contribution in [0.15, 0.2) is 72.8 Å². The van der Waals surface area contributed by atoms with Crippen molar-refractivity contribution in [3.63, 3.8) is 0 Å². The highest BCUT2D eigenvalue weighted by molar-refractivity contribution is 9.09. The van der Waals surface area contributed by atoms with E-state index in [0.717, 1.165) is 48.2 Å². The Hall–Kier alpha value is -1.78. The maximum Gasteiger partial charge on any atom is 0.119 e. The second-order valence-corrected chi connectivity index (χ2v) is 12.7. The highest BCUT2D eigenvalue weighted by atomic mass is 79.9. The molecule has 0 unspecified atom stereocenters. The summed E-state index contributed by atoms with van der Waals surface area (Å²) in [6.45, 7) is 10.7. The Kier molecular flexibility index (Phi) is 12.2. The summed E-state index contributed by atoms with van der Waals surface area (Å²) in [5.41, 5.74) is 5.01. The van der Waals surface area contributed by atoms with E-state index in [4.69, 9.17) is 9.47 Å². The monoisotopic (exact) mass is 642 g/mol. The molecule has 0 N–H and O–H groups in total. The highest BCUT2D eigenvalue weighted by Crippen LogP contribution is 2.36. The number of hydrogen-bond donors (Lipinski definition) is 0. The van der Waals surface area contributed by atoms with Gasteiger partial charge in [0.25, 0.3) is 0 Å². The Bertz CT molecular complexity index is 982. The molecule has 3 rings (SSSR count). The van der Waals surface area contributed by atoms with Crippen molar-refractivity contribution in [3.05, 3.63) is 95.1 Å². The number of ether oxygens (including phenoxy) is 2. The van der Waals surface area contributed by atoms with Crippen LogP contribution >= 0.6 is 31.9 Å². The molecule has 0 atom stereocenters. The van der Waals surface area contributed by atoms with Crippen molar-refractivity contribution in [1.29, 1.82) is 0 Å². The van der Waals surface area contributed by atoms with Gasteiger partial charge in [-0.1, -0.05) is 108 Å². The average molecular weight is 645 g/mol. The van der Waals surface area contributed by atoms with Crippen molar-refractivity contribution in [2.75, 3.05) is 23.9 Å². The molecule has 0 spiro atoms. The first-order chi connectivity index (χ1) is 18.3. The predicted molar refractivity (Wildman–Crippen MR) is 170 cm³/mol. The van der Waals surface area contributed by atoms with E-state index in [-0.39, 0.29) is 10.8 Å². The Morgan fingerprint density at radius 2 is 0.737 bits per heavy atom. The zero-order chi connectivity index (χ0) is 27.4. The maximum atomic E-state index is 5.94. The smallest absolute Gasteiger partial charge is 0.119 e. The van der Waals surface area contributed by atoms with Gasteiger partial charge < -0.3 is 9.47 Å². The molecule has 0 radical (unpaired) electrons. The molecule has 0 aliphatic heterocycles. The van der Waals surface area contributed by atoms with Gasteiger partial charge in [-0.05, 0) is 85.0 Å². The maximum absolute atomic E-state index is 5.94. The van der Waals surface area contributed by atoms with Crippen LogP contribution in [-0.4, -0.2) is 23.9 Å². The van der Waals surface area contributed by atoms with Crippen LogP contribution in [-0.2, 0) is 10.8 Å². The van der Waals surface area contributed by atoms with Crippen LogP contribution < -0.4 is 9.47 Å². The third kappa shape index (κ3) is 8.61. The normalized spacial score (nSPS) is 11.9. The van der Waals surface area contributed by atoms with Crippen molar-refractivity contribution in [1.82, 2.24) is 0 Å². The van der Waals surface area contributed by atoms with Crippen LogP contribution in [0.5, 0.6) is 11.5 Å². The quantitative estimate of drug-likeness (QED) is 0.114. The molecular formula is C34H44Br2O2. The summed E-state index contributed by atoms with van der Waals surface area (Å²) in [6, 6.07) is 26.4. The van der Waals surface area contributed by atoms with E-state index in [1.54, 1.807) is 0 Å². The molecule has 0 aliphatic carbocycles. The van der Waals surface area contributed by atoms with Crippen molar-refractivity contribution in [2.24, 2.45) is 0 Å². The fourth-order valence-corrected chi connectivity index (χ4v) is 5.49. The molecule has 3 aromatic rings. The molecule has 0 saturated carbocycles. The molecule has 0 heterocycles. The first kappa shape index (κ1) is 30.8. The lowest BCUT2D eigenvalue weighted by Crippen LogP contribution is -2.21. The molecule has 0 fully saturated rings. The van der Waals surface area contributed by atoms with Gasteiger partial charge in [0.15, 0.2) is 0 Å². The second kappa shape index (κ2) is 15.1. The lowest BCUT2D eigenvalue weighted by Gasteiger charge is -2.29. The Labute approximate surface area is 247 Å². The van der Waals surface area contributed by atoms with Crippen LogP contribution in [0.25, 0.3) is 0 Å². The molecule has 2 nitrogen and oxygen atoms in total. The van der Waals surface area contributed by atoms with Crippen LogP contribution in [0.1, 0.15) is 88.5 Å². The third-order valence-electron chi connectivity index (χ3n) is 7.57. The first-order valence-electron chi connectivity index (χ1n) is 14.0. The van der Waals surface area contributed by atoms with Gasteiger partial charge in [-0.15, -0.1) is 0 Å². The predicted octanol–water partition coefficient (Wildman–Crippen LogP) is 10.2. The fraction of sp³-hybridized carbons (Fsp3) is 0.471. The van der Waals surface area contributed by atoms with Crippen molar-refractivity contribution in [3.8, 4) is 11.5 Å². The van der Waals surface area contributed by atoms with E-state index in [1.165, 1.54) is 47.9 Å². The standard InChI is InChI=1S/C34H44Br2O2/c1-33(2,29-15-19-31(20-16-29)37-25-9-5-7-23-35)27-11-13-28(14-12-27)34(3,4)30-17-21-32(22-18-30)38-26-10-6-8-24-36/h11-22H,5-10,23-26H2,1-4H3. The molecule has 0 bridgehead atoms. The van der Waals surface area contributed by atoms with E-state index in [1.807, 2.05) is 0 Å². The van der Waals surface area contributed by atoms with Crippen LogP contribution in [0.3, 0.4) is 0 Å². The van der Waals surface area contributed by atoms with Gasteiger partial charge in [-0.25, -0.2) is 0 Å². The van der Waals surface area contributed by atoms with Crippen molar-refractivity contribution in [2.45, 2.75) is 77.0 Å². The summed E-state index contributed by atoms with van der Waals surface area (Å²) in [6.07, 6.45) is 6.98. The third-order valence-corrected chi connectivity index (χ3v) is 8.70. The number of unbranched alkanes of at least 4 members (excludes halogenated alkanes) is 4. The highest BCUT2D eigenvalue weighted by Gasteiger charge is 2.26. The van der Waals surface area contributed by atoms with Crippen LogP contribution in [0, 0.1) is 0 Å².